The second kappa shape index (κ2) is 12.1. The van der Waals surface area contributed by atoms with Crippen LogP contribution in [-0.4, -0.2) is 23.8 Å². The van der Waals surface area contributed by atoms with Gasteiger partial charge in [-0.25, -0.2) is 0 Å². The van der Waals surface area contributed by atoms with Gasteiger partial charge in [-0.05, 0) is 84.0 Å². The molecule has 5 aromatic carbocycles. The molecule has 0 unspecified atom stereocenters. The van der Waals surface area contributed by atoms with Gasteiger partial charge in [-0.2, -0.15) is 0 Å². The van der Waals surface area contributed by atoms with E-state index in [4.69, 9.17) is 9.72 Å². The summed E-state index contributed by atoms with van der Waals surface area (Å²) in [5, 5.41) is 6.02. The minimum atomic E-state index is 0. The summed E-state index contributed by atoms with van der Waals surface area (Å²) in [6.45, 7) is 8.70. The number of aryl methyl sites for hydroxylation is 4. The summed E-state index contributed by atoms with van der Waals surface area (Å²) < 4.78 is 10.9. The molecule has 0 N–H and O–H groups in total. The third-order valence-electron chi connectivity index (χ3n) is 10.3. The largest absolute Gasteiger partial charge is 2.00 e. The van der Waals surface area contributed by atoms with Gasteiger partial charge in [0.05, 0.1) is 17.0 Å². The first-order valence-electron chi connectivity index (χ1n) is 17.1. The van der Waals surface area contributed by atoms with E-state index in [0.717, 1.165) is 60.3 Å². The molecule has 0 aliphatic rings. The number of imidazole rings is 2. The van der Waals surface area contributed by atoms with Crippen LogP contribution in [0.2, 0.25) is 0 Å². The predicted molar refractivity (Wildman–Crippen MR) is 206 cm³/mol. The van der Waals surface area contributed by atoms with Crippen LogP contribution in [0, 0.1) is 39.8 Å². The van der Waals surface area contributed by atoms with Crippen molar-refractivity contribution in [2.45, 2.75) is 27.7 Å². The van der Waals surface area contributed by atoms with Crippen LogP contribution in [0.3, 0.4) is 0 Å². The van der Waals surface area contributed by atoms with E-state index >= 15 is 0 Å². The first-order valence-corrected chi connectivity index (χ1v) is 17.1. The maximum atomic E-state index is 6.53. The fraction of sp³-hybridized carbons (Fsp3) is 0.0889. The van der Waals surface area contributed by atoms with Crippen LogP contribution in [0.1, 0.15) is 22.3 Å². The molecule has 52 heavy (non-hydrogen) atoms. The Bertz CT molecular complexity index is 3030. The van der Waals surface area contributed by atoms with Gasteiger partial charge >= 0.3 is 21.1 Å². The van der Waals surface area contributed by atoms with Crippen molar-refractivity contribution in [3.8, 4) is 33.9 Å². The molecule has 0 saturated carbocycles. The Kier molecular flexibility index (Phi) is 7.49. The van der Waals surface area contributed by atoms with Crippen molar-refractivity contribution < 1.29 is 25.8 Å². The number of benzene rings is 5. The Hall–Kier alpha value is -5.84. The number of rotatable bonds is 4. The van der Waals surface area contributed by atoms with Crippen LogP contribution in [-0.2, 0) is 21.1 Å². The molecule has 10 aromatic rings. The number of nitrogens with zero attached hydrogens (tertiary/aromatic N) is 5. The Labute approximate surface area is 314 Å². The fourth-order valence-corrected chi connectivity index (χ4v) is 8.01. The van der Waals surface area contributed by atoms with E-state index < -0.39 is 0 Å². The van der Waals surface area contributed by atoms with Gasteiger partial charge in [0.2, 0.25) is 0 Å². The number of pyridine rings is 3. The first kappa shape index (κ1) is 32.1. The molecule has 252 valence electrons. The monoisotopic (exact) mass is 852 g/mol. The summed E-state index contributed by atoms with van der Waals surface area (Å²) in [4.78, 5) is 14.1. The van der Waals surface area contributed by atoms with Crippen LogP contribution in [0.5, 0.6) is 11.5 Å². The van der Waals surface area contributed by atoms with Gasteiger partial charge in [-0.15, -0.1) is 12.1 Å². The molecule has 10 rings (SSSR count). The zero-order chi connectivity index (χ0) is 34.4. The van der Waals surface area contributed by atoms with Crippen LogP contribution in [0.15, 0.2) is 116 Å². The van der Waals surface area contributed by atoms with Gasteiger partial charge in [-0.3, -0.25) is 15.0 Å². The van der Waals surface area contributed by atoms with E-state index in [0.29, 0.717) is 11.5 Å². The van der Waals surface area contributed by atoms with E-state index in [1.54, 1.807) is 6.20 Å². The average Bonchev–Trinajstić information content (AvgIpc) is 3.81. The second-order valence-corrected chi connectivity index (χ2v) is 13.4. The Morgan fingerprint density at radius 3 is 1.92 bits per heavy atom. The molecule has 0 saturated heterocycles. The first-order chi connectivity index (χ1) is 24.9. The van der Waals surface area contributed by atoms with Crippen LogP contribution < -0.4 is 4.74 Å². The van der Waals surface area contributed by atoms with E-state index in [1.165, 1.54) is 38.9 Å². The number of aromatic nitrogens is 5. The van der Waals surface area contributed by atoms with Crippen molar-refractivity contribution in [1.82, 2.24) is 23.8 Å². The minimum absolute atomic E-state index is 0. The molecule has 5 aromatic heterocycles. The maximum Gasteiger partial charge on any atom is 2.00 e. The van der Waals surface area contributed by atoms with Crippen molar-refractivity contribution in [2.24, 2.45) is 0 Å². The summed E-state index contributed by atoms with van der Waals surface area (Å²) in [5.74, 6) is 1.17. The molecule has 0 bridgehead atoms. The molecule has 0 amide bonds. The van der Waals surface area contributed by atoms with Crippen LogP contribution in [0.4, 0.5) is 0 Å². The van der Waals surface area contributed by atoms with Crippen molar-refractivity contribution in [2.75, 3.05) is 0 Å². The van der Waals surface area contributed by atoms with Crippen molar-refractivity contribution in [1.29, 1.82) is 0 Å². The van der Waals surface area contributed by atoms with Crippen molar-refractivity contribution in [3.05, 3.63) is 150 Å². The topological polar surface area (TPSA) is 56.7 Å². The van der Waals surface area contributed by atoms with Crippen molar-refractivity contribution >= 4 is 54.6 Å². The smallest absolute Gasteiger partial charge is 0.497 e. The Morgan fingerprint density at radius 2 is 1.21 bits per heavy atom. The molecule has 0 spiro atoms. The van der Waals surface area contributed by atoms with E-state index in [1.807, 2.05) is 43.0 Å². The Morgan fingerprint density at radius 1 is 0.577 bits per heavy atom. The molecular formula is C45H31N5OPt. The standard InChI is InChI=1S/C45H31N5O.Pt/c1-26-7-5-8-27(2)42(26)30-11-14-35-33-15-12-32(23-37(33)45-48-25-41(50(45)40(35)21-30)43-28(3)9-6-10-29(43)4)51-31-13-16-34-36(22-31)44-47-19-20-49(44)39-17-18-46-24-38(34)39;/h5-21,24-25H,1-4H3;/q-2;+2. The third kappa shape index (κ3) is 4.78. The average molecular weight is 853 g/mol. The second-order valence-electron chi connectivity index (χ2n) is 13.4. The van der Waals surface area contributed by atoms with Crippen LogP contribution >= 0.6 is 0 Å². The summed E-state index contributed by atoms with van der Waals surface area (Å²) >= 11 is 0. The van der Waals surface area contributed by atoms with E-state index in [-0.39, 0.29) is 21.1 Å². The molecule has 0 fully saturated rings. The number of hydrogen-bond donors (Lipinski definition) is 0. The van der Waals surface area contributed by atoms with Crippen LogP contribution in [0.25, 0.3) is 77.0 Å². The summed E-state index contributed by atoms with van der Waals surface area (Å²) in [7, 11) is 0. The van der Waals surface area contributed by atoms with Gasteiger partial charge < -0.3 is 13.5 Å². The number of ether oxygens (including phenoxy) is 1. The normalized spacial score (nSPS) is 11.7. The van der Waals surface area contributed by atoms with Gasteiger partial charge in [0.15, 0.2) is 0 Å². The van der Waals surface area contributed by atoms with Gasteiger partial charge in [0.25, 0.3) is 0 Å². The van der Waals surface area contributed by atoms with E-state index in [9.17, 15) is 0 Å². The predicted octanol–water partition coefficient (Wildman–Crippen LogP) is 10.9. The molecular weight excluding hydrogens is 822 g/mol. The number of fused-ring (bicyclic) bond motifs is 12. The van der Waals surface area contributed by atoms with Crippen molar-refractivity contribution in [3.63, 3.8) is 0 Å². The zero-order valence-corrected chi connectivity index (χ0v) is 31.2. The summed E-state index contributed by atoms with van der Waals surface area (Å²) in [6.07, 6.45) is 9.47. The summed E-state index contributed by atoms with van der Waals surface area (Å²) in [5.41, 5.74) is 13.4. The fourth-order valence-electron chi connectivity index (χ4n) is 8.01. The van der Waals surface area contributed by atoms with Gasteiger partial charge in [0, 0.05) is 59.1 Å². The number of hydrogen-bond acceptors (Lipinski definition) is 4. The Balaban J connectivity index is 0.00000360. The molecule has 6 nitrogen and oxygen atoms in total. The molecule has 5 heterocycles. The molecule has 0 atom stereocenters. The molecule has 0 radical (unpaired) electrons. The molecule has 0 aliphatic carbocycles. The molecule has 7 heteroatoms. The summed E-state index contributed by atoms with van der Waals surface area (Å²) in [6, 6.07) is 37.0. The minimum Gasteiger partial charge on any atom is -0.497 e. The van der Waals surface area contributed by atoms with Gasteiger partial charge in [-0.1, -0.05) is 94.3 Å². The SMILES string of the molecule is Cc1cccc(C)c1-c1ccc2c3ccc(Oc4[c-]c5c(cc4)c4cnccc4n4ccnc54)[c-]c3c3ncc(-c4c(C)cccc4C)n3c2c1.[Pt+2]. The van der Waals surface area contributed by atoms with Gasteiger partial charge in [0.1, 0.15) is 0 Å². The van der Waals surface area contributed by atoms with E-state index in [2.05, 4.69) is 125 Å². The maximum absolute atomic E-state index is 6.53. The third-order valence-corrected chi connectivity index (χ3v) is 10.3. The quantitative estimate of drug-likeness (QED) is 0.131. The molecule has 0 aliphatic heterocycles. The zero-order valence-electron chi connectivity index (χ0n) is 28.9.